The zero-order valence-corrected chi connectivity index (χ0v) is 10.7. The summed E-state index contributed by atoms with van der Waals surface area (Å²) in [5, 5.41) is 0.467. The van der Waals surface area contributed by atoms with Crippen LogP contribution in [0.3, 0.4) is 0 Å². The standard InChI is InChI=1S/C11H17N3OS/c1-6-4-8(6)5-14(3)10(15)9-7(2)13-11(12)16-9/h6,8H,4-5H2,1-3H3,(H2,12,13). The minimum atomic E-state index is 0.0470. The van der Waals surface area contributed by atoms with Crippen LogP contribution in [0.15, 0.2) is 0 Å². The second-order valence-corrected chi connectivity index (χ2v) is 5.66. The van der Waals surface area contributed by atoms with Crippen LogP contribution in [0.5, 0.6) is 0 Å². The monoisotopic (exact) mass is 239 g/mol. The SMILES string of the molecule is Cc1nc(N)sc1C(=O)N(C)CC1CC1C. The van der Waals surface area contributed by atoms with Crippen LogP contribution in [0.1, 0.15) is 28.7 Å². The predicted octanol–water partition coefficient (Wildman–Crippen LogP) is 1.76. The van der Waals surface area contributed by atoms with Crippen molar-refractivity contribution in [3.05, 3.63) is 10.6 Å². The van der Waals surface area contributed by atoms with Crippen LogP contribution in [0, 0.1) is 18.8 Å². The first kappa shape index (κ1) is 11.4. The molecule has 0 aromatic carbocycles. The van der Waals surface area contributed by atoms with Crippen LogP contribution in [0.4, 0.5) is 5.13 Å². The Morgan fingerprint density at radius 1 is 1.69 bits per heavy atom. The predicted molar refractivity (Wildman–Crippen MR) is 65.5 cm³/mol. The van der Waals surface area contributed by atoms with Gasteiger partial charge in [-0.1, -0.05) is 18.3 Å². The third-order valence-electron chi connectivity index (χ3n) is 3.14. The van der Waals surface area contributed by atoms with Gasteiger partial charge < -0.3 is 10.6 Å². The largest absolute Gasteiger partial charge is 0.375 e. The molecule has 16 heavy (non-hydrogen) atoms. The van der Waals surface area contributed by atoms with E-state index in [-0.39, 0.29) is 5.91 Å². The number of aryl methyl sites for hydroxylation is 1. The highest BCUT2D eigenvalue weighted by Crippen LogP contribution is 2.38. The number of amides is 1. The van der Waals surface area contributed by atoms with E-state index in [1.165, 1.54) is 17.8 Å². The maximum absolute atomic E-state index is 12.1. The van der Waals surface area contributed by atoms with Crippen LogP contribution < -0.4 is 5.73 Å². The molecule has 0 spiro atoms. The Labute approximate surface area is 99.5 Å². The summed E-state index contributed by atoms with van der Waals surface area (Å²) >= 11 is 1.27. The average molecular weight is 239 g/mol. The zero-order valence-electron chi connectivity index (χ0n) is 9.86. The van der Waals surface area contributed by atoms with E-state index in [0.717, 1.165) is 18.2 Å². The van der Waals surface area contributed by atoms with Crippen LogP contribution in [-0.2, 0) is 0 Å². The van der Waals surface area contributed by atoms with E-state index in [1.807, 2.05) is 14.0 Å². The van der Waals surface area contributed by atoms with Crippen LogP contribution in [0.25, 0.3) is 0 Å². The van der Waals surface area contributed by atoms with Crippen molar-refractivity contribution in [2.45, 2.75) is 20.3 Å². The molecule has 1 amide bonds. The Morgan fingerprint density at radius 3 is 2.75 bits per heavy atom. The molecule has 0 radical (unpaired) electrons. The normalized spacial score (nSPS) is 23.2. The topological polar surface area (TPSA) is 59.2 Å². The van der Waals surface area contributed by atoms with Gasteiger partial charge in [0, 0.05) is 13.6 Å². The summed E-state index contributed by atoms with van der Waals surface area (Å²) in [6.45, 7) is 4.89. The van der Waals surface area contributed by atoms with Gasteiger partial charge in [0.1, 0.15) is 4.88 Å². The van der Waals surface area contributed by atoms with E-state index < -0.39 is 0 Å². The molecule has 5 heteroatoms. The first-order chi connectivity index (χ1) is 7.49. The van der Waals surface area contributed by atoms with Gasteiger partial charge in [-0.25, -0.2) is 4.98 Å². The minimum absolute atomic E-state index is 0.0470. The maximum Gasteiger partial charge on any atom is 0.265 e. The summed E-state index contributed by atoms with van der Waals surface area (Å²) in [6, 6.07) is 0. The number of hydrogen-bond donors (Lipinski definition) is 1. The number of anilines is 1. The average Bonchev–Trinajstić information content (AvgIpc) is 2.77. The van der Waals surface area contributed by atoms with Gasteiger partial charge in [-0.05, 0) is 25.2 Å². The molecule has 2 unspecified atom stereocenters. The van der Waals surface area contributed by atoms with Crippen molar-refractivity contribution in [2.24, 2.45) is 11.8 Å². The molecule has 0 bridgehead atoms. The molecule has 0 aliphatic heterocycles. The second-order valence-electron chi connectivity index (χ2n) is 4.63. The molecule has 1 aromatic rings. The van der Waals surface area contributed by atoms with Crippen molar-refractivity contribution in [3.8, 4) is 0 Å². The van der Waals surface area contributed by atoms with E-state index in [0.29, 0.717) is 15.9 Å². The van der Waals surface area contributed by atoms with Gasteiger partial charge in [0.25, 0.3) is 5.91 Å². The van der Waals surface area contributed by atoms with Crippen molar-refractivity contribution in [1.29, 1.82) is 0 Å². The van der Waals surface area contributed by atoms with Gasteiger partial charge in [-0.3, -0.25) is 4.79 Å². The summed E-state index contributed by atoms with van der Waals surface area (Å²) in [6.07, 6.45) is 1.24. The molecular formula is C11H17N3OS. The minimum Gasteiger partial charge on any atom is -0.375 e. The Hall–Kier alpha value is -1.10. The van der Waals surface area contributed by atoms with Gasteiger partial charge in [-0.2, -0.15) is 0 Å². The summed E-state index contributed by atoms with van der Waals surface area (Å²) < 4.78 is 0. The van der Waals surface area contributed by atoms with Crippen molar-refractivity contribution >= 4 is 22.4 Å². The molecular weight excluding hydrogens is 222 g/mol. The van der Waals surface area contributed by atoms with Gasteiger partial charge in [-0.15, -0.1) is 0 Å². The number of thiazole rings is 1. The number of nitrogens with two attached hydrogens (primary N) is 1. The lowest BCUT2D eigenvalue weighted by Crippen LogP contribution is -2.28. The van der Waals surface area contributed by atoms with Crippen molar-refractivity contribution in [2.75, 3.05) is 19.3 Å². The van der Waals surface area contributed by atoms with E-state index in [4.69, 9.17) is 5.73 Å². The summed E-state index contributed by atoms with van der Waals surface area (Å²) in [7, 11) is 1.85. The molecule has 1 aromatic heterocycles. The van der Waals surface area contributed by atoms with E-state index in [2.05, 4.69) is 11.9 Å². The number of rotatable bonds is 3. The maximum atomic E-state index is 12.1. The number of carbonyl (C=O) groups is 1. The second kappa shape index (κ2) is 4.05. The molecule has 1 fully saturated rings. The molecule has 88 valence electrons. The lowest BCUT2D eigenvalue weighted by molar-refractivity contribution is 0.0791. The Kier molecular flexibility index (Phi) is 2.88. The highest BCUT2D eigenvalue weighted by atomic mass is 32.1. The number of aromatic nitrogens is 1. The summed E-state index contributed by atoms with van der Waals surface area (Å²) in [4.78, 5) is 18.6. The third-order valence-corrected chi connectivity index (χ3v) is 4.11. The first-order valence-electron chi connectivity index (χ1n) is 5.47. The number of nitrogen functional groups attached to an aromatic ring is 1. The quantitative estimate of drug-likeness (QED) is 0.874. The Balaban J connectivity index is 2.03. The van der Waals surface area contributed by atoms with E-state index in [1.54, 1.807) is 4.90 Å². The van der Waals surface area contributed by atoms with E-state index >= 15 is 0 Å². The van der Waals surface area contributed by atoms with Crippen molar-refractivity contribution in [3.63, 3.8) is 0 Å². The molecule has 1 aliphatic rings. The van der Waals surface area contributed by atoms with Crippen LogP contribution in [0.2, 0.25) is 0 Å². The van der Waals surface area contributed by atoms with Gasteiger partial charge >= 0.3 is 0 Å². The zero-order chi connectivity index (χ0) is 11.9. The summed E-state index contributed by atoms with van der Waals surface area (Å²) in [5.74, 6) is 1.49. The van der Waals surface area contributed by atoms with Gasteiger partial charge in [0.05, 0.1) is 5.69 Å². The van der Waals surface area contributed by atoms with Gasteiger partial charge in [0.15, 0.2) is 5.13 Å². The molecule has 1 heterocycles. The molecule has 0 saturated heterocycles. The molecule has 1 saturated carbocycles. The fourth-order valence-electron chi connectivity index (χ4n) is 1.88. The molecule has 4 nitrogen and oxygen atoms in total. The lowest BCUT2D eigenvalue weighted by atomic mass is 10.3. The van der Waals surface area contributed by atoms with Crippen LogP contribution >= 0.6 is 11.3 Å². The fourth-order valence-corrected chi connectivity index (χ4v) is 2.71. The Morgan fingerprint density at radius 2 is 2.31 bits per heavy atom. The first-order valence-corrected chi connectivity index (χ1v) is 6.29. The number of nitrogens with zero attached hydrogens (tertiary/aromatic N) is 2. The number of hydrogen-bond acceptors (Lipinski definition) is 4. The highest BCUT2D eigenvalue weighted by Gasteiger charge is 2.34. The fraction of sp³-hybridized carbons (Fsp3) is 0.636. The lowest BCUT2D eigenvalue weighted by Gasteiger charge is -2.16. The third kappa shape index (κ3) is 2.19. The molecule has 2 atom stereocenters. The molecule has 2 rings (SSSR count). The van der Waals surface area contributed by atoms with Crippen molar-refractivity contribution < 1.29 is 4.79 Å². The van der Waals surface area contributed by atoms with Gasteiger partial charge in [0.2, 0.25) is 0 Å². The van der Waals surface area contributed by atoms with E-state index in [9.17, 15) is 4.79 Å². The Bertz CT molecular complexity index is 415. The van der Waals surface area contributed by atoms with Crippen molar-refractivity contribution in [1.82, 2.24) is 9.88 Å². The smallest absolute Gasteiger partial charge is 0.265 e. The summed E-state index contributed by atoms with van der Waals surface area (Å²) in [5.41, 5.74) is 6.33. The number of carbonyl (C=O) groups excluding carboxylic acids is 1. The molecule has 2 N–H and O–H groups in total. The van der Waals surface area contributed by atoms with Crippen LogP contribution in [-0.4, -0.2) is 29.4 Å². The molecule has 1 aliphatic carbocycles. The highest BCUT2D eigenvalue weighted by molar-refractivity contribution is 7.17.